The molecular formula is C19H19NO2. The molecule has 0 bridgehead atoms. The molecule has 22 heavy (non-hydrogen) atoms. The molecule has 0 saturated carbocycles. The van der Waals surface area contributed by atoms with Gasteiger partial charge >= 0.3 is 0 Å². The van der Waals surface area contributed by atoms with Crippen LogP contribution in [0.5, 0.6) is 5.75 Å². The smallest absolute Gasteiger partial charge is 0.251 e. The summed E-state index contributed by atoms with van der Waals surface area (Å²) >= 11 is 0. The Bertz CT molecular complexity index is 705. The number of rotatable bonds is 4. The van der Waals surface area contributed by atoms with Crippen LogP contribution in [0.25, 0.3) is 6.08 Å². The van der Waals surface area contributed by atoms with Gasteiger partial charge in [0.15, 0.2) is 0 Å². The number of aryl methyl sites for hydroxylation is 1. The molecule has 0 saturated heterocycles. The highest BCUT2D eigenvalue weighted by Crippen LogP contribution is 2.27. The van der Waals surface area contributed by atoms with Crippen LogP contribution in [0.2, 0.25) is 0 Å². The SMILES string of the molecule is COc1ccc2c(c1)C=C(CNC(=O)c1ccccc1)CC2. The van der Waals surface area contributed by atoms with Crippen LogP contribution in [-0.2, 0) is 6.42 Å². The van der Waals surface area contributed by atoms with Crippen molar-refractivity contribution in [2.75, 3.05) is 13.7 Å². The minimum Gasteiger partial charge on any atom is -0.497 e. The average Bonchev–Trinajstić information content (AvgIpc) is 2.59. The molecule has 0 aliphatic heterocycles. The Balaban J connectivity index is 1.68. The van der Waals surface area contributed by atoms with Gasteiger partial charge in [0.25, 0.3) is 5.91 Å². The van der Waals surface area contributed by atoms with Crippen LogP contribution in [0.3, 0.4) is 0 Å². The third-order valence-corrected chi connectivity index (χ3v) is 3.94. The summed E-state index contributed by atoms with van der Waals surface area (Å²) in [4.78, 5) is 12.1. The van der Waals surface area contributed by atoms with Crippen molar-refractivity contribution in [3.05, 3.63) is 70.8 Å². The lowest BCUT2D eigenvalue weighted by Gasteiger charge is -2.17. The van der Waals surface area contributed by atoms with Crippen molar-refractivity contribution >= 4 is 12.0 Å². The molecule has 3 heteroatoms. The standard InChI is InChI=1S/C19H19NO2/c1-22-18-10-9-15-8-7-14(11-17(15)12-18)13-20-19(21)16-5-3-2-4-6-16/h2-6,9-12H,7-8,13H2,1H3,(H,20,21). The van der Waals surface area contributed by atoms with E-state index >= 15 is 0 Å². The fourth-order valence-electron chi connectivity index (χ4n) is 2.67. The molecule has 0 atom stereocenters. The van der Waals surface area contributed by atoms with E-state index < -0.39 is 0 Å². The number of fused-ring (bicyclic) bond motifs is 1. The number of methoxy groups -OCH3 is 1. The first-order valence-corrected chi connectivity index (χ1v) is 7.46. The Morgan fingerprint density at radius 2 is 1.95 bits per heavy atom. The number of benzene rings is 2. The van der Waals surface area contributed by atoms with E-state index in [2.05, 4.69) is 17.5 Å². The number of carbonyl (C=O) groups is 1. The summed E-state index contributed by atoms with van der Waals surface area (Å²) in [7, 11) is 1.68. The van der Waals surface area contributed by atoms with E-state index in [9.17, 15) is 4.79 Å². The first-order valence-electron chi connectivity index (χ1n) is 7.46. The maximum absolute atomic E-state index is 12.1. The van der Waals surface area contributed by atoms with Crippen molar-refractivity contribution in [2.24, 2.45) is 0 Å². The lowest BCUT2D eigenvalue weighted by atomic mass is 9.92. The number of nitrogens with one attached hydrogen (secondary N) is 1. The molecule has 0 spiro atoms. The Labute approximate surface area is 130 Å². The molecule has 1 N–H and O–H groups in total. The van der Waals surface area contributed by atoms with E-state index in [1.165, 1.54) is 16.7 Å². The zero-order valence-corrected chi connectivity index (χ0v) is 12.6. The summed E-state index contributed by atoms with van der Waals surface area (Å²) in [5, 5.41) is 2.99. The molecule has 1 amide bonds. The number of hydrogen-bond donors (Lipinski definition) is 1. The van der Waals surface area contributed by atoms with Crippen molar-refractivity contribution in [3.63, 3.8) is 0 Å². The van der Waals surface area contributed by atoms with E-state index in [0.717, 1.165) is 18.6 Å². The summed E-state index contributed by atoms with van der Waals surface area (Å²) in [6, 6.07) is 15.5. The van der Waals surface area contributed by atoms with Gasteiger partial charge in [-0.2, -0.15) is 0 Å². The maximum atomic E-state index is 12.1. The van der Waals surface area contributed by atoms with Crippen molar-refractivity contribution in [3.8, 4) is 5.75 Å². The van der Waals surface area contributed by atoms with Crippen molar-refractivity contribution in [2.45, 2.75) is 12.8 Å². The first kappa shape index (κ1) is 14.4. The molecule has 2 aromatic rings. The lowest BCUT2D eigenvalue weighted by Crippen LogP contribution is -2.26. The molecule has 2 aromatic carbocycles. The monoisotopic (exact) mass is 293 g/mol. The minimum absolute atomic E-state index is 0.0297. The van der Waals surface area contributed by atoms with Crippen molar-refractivity contribution in [1.82, 2.24) is 5.32 Å². The Morgan fingerprint density at radius 3 is 2.73 bits per heavy atom. The maximum Gasteiger partial charge on any atom is 0.251 e. The quantitative estimate of drug-likeness (QED) is 0.937. The Morgan fingerprint density at radius 1 is 1.14 bits per heavy atom. The molecule has 1 aliphatic carbocycles. The molecule has 0 unspecified atom stereocenters. The molecule has 3 nitrogen and oxygen atoms in total. The summed E-state index contributed by atoms with van der Waals surface area (Å²) in [5.74, 6) is 0.836. The summed E-state index contributed by atoms with van der Waals surface area (Å²) in [5.41, 5.74) is 4.46. The fraction of sp³-hybridized carbons (Fsp3) is 0.211. The average molecular weight is 293 g/mol. The van der Waals surface area contributed by atoms with Gasteiger partial charge in [0.2, 0.25) is 0 Å². The highest BCUT2D eigenvalue weighted by Gasteiger charge is 2.12. The second-order valence-electron chi connectivity index (χ2n) is 5.42. The highest BCUT2D eigenvalue weighted by atomic mass is 16.5. The van der Waals surface area contributed by atoms with Crippen LogP contribution in [-0.4, -0.2) is 19.6 Å². The van der Waals surface area contributed by atoms with Crippen LogP contribution in [0.15, 0.2) is 54.1 Å². The fourth-order valence-corrected chi connectivity index (χ4v) is 2.67. The van der Waals surface area contributed by atoms with E-state index in [1.54, 1.807) is 7.11 Å². The van der Waals surface area contributed by atoms with Crippen molar-refractivity contribution < 1.29 is 9.53 Å². The van der Waals surface area contributed by atoms with Gasteiger partial charge in [-0.3, -0.25) is 4.79 Å². The van der Waals surface area contributed by atoms with Gasteiger partial charge in [0.1, 0.15) is 5.75 Å². The number of amides is 1. The Kier molecular flexibility index (Phi) is 4.24. The first-order chi connectivity index (χ1) is 10.8. The van der Waals surface area contributed by atoms with Gasteiger partial charge in [-0.1, -0.05) is 35.9 Å². The molecule has 112 valence electrons. The van der Waals surface area contributed by atoms with Crippen LogP contribution in [0.1, 0.15) is 27.9 Å². The van der Waals surface area contributed by atoms with Crippen LogP contribution < -0.4 is 10.1 Å². The summed E-state index contributed by atoms with van der Waals surface area (Å²) < 4.78 is 5.27. The van der Waals surface area contributed by atoms with Crippen molar-refractivity contribution in [1.29, 1.82) is 0 Å². The second kappa shape index (κ2) is 6.48. The molecule has 0 aromatic heterocycles. The Hall–Kier alpha value is -2.55. The molecule has 1 aliphatic rings. The number of hydrogen-bond acceptors (Lipinski definition) is 2. The van der Waals surface area contributed by atoms with Crippen LogP contribution in [0.4, 0.5) is 0 Å². The third kappa shape index (κ3) is 3.19. The number of ether oxygens (including phenoxy) is 1. The van der Waals surface area contributed by atoms with Crippen LogP contribution in [0, 0.1) is 0 Å². The van der Waals surface area contributed by atoms with E-state index in [4.69, 9.17) is 4.74 Å². The highest BCUT2D eigenvalue weighted by molar-refractivity contribution is 5.94. The zero-order valence-electron chi connectivity index (χ0n) is 12.6. The summed E-state index contributed by atoms with van der Waals surface area (Å²) in [6.45, 7) is 0.588. The topological polar surface area (TPSA) is 38.3 Å². The zero-order chi connectivity index (χ0) is 15.4. The van der Waals surface area contributed by atoms with E-state index in [1.807, 2.05) is 42.5 Å². The van der Waals surface area contributed by atoms with Gasteiger partial charge in [0.05, 0.1) is 7.11 Å². The number of carbonyl (C=O) groups excluding carboxylic acids is 1. The normalized spacial score (nSPS) is 13.0. The summed E-state index contributed by atoms with van der Waals surface area (Å²) in [6.07, 6.45) is 4.15. The van der Waals surface area contributed by atoms with Gasteiger partial charge in [0, 0.05) is 12.1 Å². The largest absolute Gasteiger partial charge is 0.497 e. The second-order valence-corrected chi connectivity index (χ2v) is 5.42. The molecule has 3 rings (SSSR count). The van der Waals surface area contributed by atoms with Gasteiger partial charge in [-0.05, 0) is 48.2 Å². The van der Waals surface area contributed by atoms with Gasteiger partial charge in [-0.25, -0.2) is 0 Å². The molecule has 0 radical (unpaired) electrons. The molecule has 0 fully saturated rings. The van der Waals surface area contributed by atoms with Gasteiger partial charge in [-0.15, -0.1) is 0 Å². The van der Waals surface area contributed by atoms with E-state index in [0.29, 0.717) is 12.1 Å². The molecule has 0 heterocycles. The van der Waals surface area contributed by atoms with Gasteiger partial charge < -0.3 is 10.1 Å². The predicted octanol–water partition coefficient (Wildman–Crippen LogP) is 3.45. The predicted molar refractivity (Wildman–Crippen MR) is 88.1 cm³/mol. The van der Waals surface area contributed by atoms with Crippen LogP contribution >= 0.6 is 0 Å². The third-order valence-electron chi connectivity index (χ3n) is 3.94. The minimum atomic E-state index is -0.0297. The van der Waals surface area contributed by atoms with E-state index in [-0.39, 0.29) is 5.91 Å². The lowest BCUT2D eigenvalue weighted by molar-refractivity contribution is 0.0957. The molecular weight excluding hydrogens is 274 g/mol.